The van der Waals surface area contributed by atoms with Crippen molar-refractivity contribution >= 4 is 11.5 Å². The number of benzene rings is 2. The molecule has 2 aromatic heterocycles. The van der Waals surface area contributed by atoms with Gasteiger partial charge in [-0.15, -0.1) is 0 Å². The van der Waals surface area contributed by atoms with Crippen LogP contribution < -0.4 is 9.64 Å². The third kappa shape index (κ3) is 3.24. The van der Waals surface area contributed by atoms with E-state index in [0.717, 1.165) is 28.3 Å². The molecule has 2 aromatic carbocycles. The van der Waals surface area contributed by atoms with Crippen LogP contribution in [0.4, 0.5) is 5.69 Å². The Morgan fingerprint density at radius 2 is 1.73 bits per heavy atom. The van der Waals surface area contributed by atoms with E-state index in [1.807, 2.05) is 73.4 Å². The van der Waals surface area contributed by atoms with Gasteiger partial charge in [-0.05, 0) is 18.2 Å². The third-order valence-electron chi connectivity index (χ3n) is 4.19. The number of imidazole rings is 1. The van der Waals surface area contributed by atoms with Crippen LogP contribution in [0.3, 0.4) is 0 Å². The number of hydrogen-bond donors (Lipinski definition) is 0. The number of ether oxygens (including phenoxy) is 1. The molecular formula is C21H20N4O. The normalized spacial score (nSPS) is 10.8. The number of nitrogens with zero attached hydrogens (tertiary/aromatic N) is 4. The predicted molar refractivity (Wildman–Crippen MR) is 104 cm³/mol. The topological polar surface area (TPSA) is 42.7 Å². The number of para-hydroxylation sites is 2. The summed E-state index contributed by atoms with van der Waals surface area (Å²) < 4.78 is 7.73. The molecule has 130 valence electrons. The van der Waals surface area contributed by atoms with Gasteiger partial charge in [-0.2, -0.15) is 0 Å². The van der Waals surface area contributed by atoms with Crippen molar-refractivity contribution in [2.45, 2.75) is 6.61 Å². The summed E-state index contributed by atoms with van der Waals surface area (Å²) in [5.74, 6) is 1.50. The first-order chi connectivity index (χ1) is 12.7. The van der Waals surface area contributed by atoms with E-state index in [1.54, 1.807) is 0 Å². The van der Waals surface area contributed by atoms with Gasteiger partial charge in [0.2, 0.25) is 5.78 Å². The predicted octanol–water partition coefficient (Wildman–Crippen LogP) is 4.04. The highest BCUT2D eigenvalue weighted by molar-refractivity contribution is 5.77. The molecule has 0 aliphatic carbocycles. The van der Waals surface area contributed by atoms with Crippen LogP contribution in [0.25, 0.3) is 16.9 Å². The minimum atomic E-state index is 0.414. The first-order valence-corrected chi connectivity index (χ1v) is 8.49. The molecule has 0 fully saturated rings. The molecule has 4 rings (SSSR count). The molecule has 0 saturated heterocycles. The Kier molecular flexibility index (Phi) is 4.27. The fourth-order valence-electron chi connectivity index (χ4n) is 2.92. The van der Waals surface area contributed by atoms with Crippen molar-refractivity contribution in [3.05, 3.63) is 78.9 Å². The summed E-state index contributed by atoms with van der Waals surface area (Å²) in [6.07, 6.45) is 5.89. The van der Waals surface area contributed by atoms with Gasteiger partial charge in [0.25, 0.3) is 0 Å². The minimum absolute atomic E-state index is 0.414. The molecule has 0 aliphatic heterocycles. The zero-order valence-corrected chi connectivity index (χ0v) is 14.8. The first-order valence-electron chi connectivity index (χ1n) is 8.49. The molecule has 0 bridgehead atoms. The van der Waals surface area contributed by atoms with Crippen LogP contribution in [-0.4, -0.2) is 28.5 Å². The van der Waals surface area contributed by atoms with Gasteiger partial charge in [-0.25, -0.2) is 9.97 Å². The second-order valence-corrected chi connectivity index (χ2v) is 6.30. The molecule has 4 aromatic rings. The van der Waals surface area contributed by atoms with E-state index in [4.69, 9.17) is 4.74 Å². The summed E-state index contributed by atoms with van der Waals surface area (Å²) in [6.45, 7) is 0.414. The van der Waals surface area contributed by atoms with Crippen LogP contribution in [0, 0.1) is 0 Å². The highest BCUT2D eigenvalue weighted by Crippen LogP contribution is 2.29. The maximum atomic E-state index is 5.78. The Balaban J connectivity index is 1.62. The van der Waals surface area contributed by atoms with Crippen LogP contribution in [0.1, 0.15) is 5.69 Å². The van der Waals surface area contributed by atoms with Crippen molar-refractivity contribution in [3.63, 3.8) is 0 Å². The summed E-state index contributed by atoms with van der Waals surface area (Å²) in [6, 6.07) is 18.0. The van der Waals surface area contributed by atoms with Crippen molar-refractivity contribution in [3.8, 4) is 16.9 Å². The molecule has 26 heavy (non-hydrogen) atoms. The van der Waals surface area contributed by atoms with E-state index in [2.05, 4.69) is 33.2 Å². The average Bonchev–Trinajstić information content (AvgIpc) is 3.09. The third-order valence-corrected chi connectivity index (χ3v) is 4.19. The summed E-state index contributed by atoms with van der Waals surface area (Å²) in [4.78, 5) is 11.2. The Morgan fingerprint density at radius 1 is 0.962 bits per heavy atom. The lowest BCUT2D eigenvalue weighted by Crippen LogP contribution is -2.09. The fraction of sp³-hybridized carbons (Fsp3) is 0.143. The van der Waals surface area contributed by atoms with Crippen molar-refractivity contribution < 1.29 is 4.74 Å². The van der Waals surface area contributed by atoms with Crippen LogP contribution in [0.15, 0.2) is 73.2 Å². The summed E-state index contributed by atoms with van der Waals surface area (Å²) in [7, 11) is 4.09. The maximum Gasteiger partial charge on any atom is 0.234 e. The molecule has 0 saturated carbocycles. The molecule has 5 nitrogen and oxygen atoms in total. The molecule has 0 aliphatic rings. The molecule has 0 atom stereocenters. The van der Waals surface area contributed by atoms with Crippen LogP contribution in [-0.2, 0) is 6.61 Å². The van der Waals surface area contributed by atoms with E-state index in [-0.39, 0.29) is 0 Å². The van der Waals surface area contributed by atoms with E-state index >= 15 is 0 Å². The van der Waals surface area contributed by atoms with Gasteiger partial charge in [0.15, 0.2) is 0 Å². The minimum Gasteiger partial charge on any atom is -0.487 e. The van der Waals surface area contributed by atoms with E-state index < -0.39 is 0 Å². The molecule has 2 heterocycles. The molecule has 0 N–H and O–H groups in total. The largest absolute Gasteiger partial charge is 0.487 e. The van der Waals surface area contributed by atoms with E-state index in [1.165, 1.54) is 0 Å². The number of rotatable bonds is 5. The van der Waals surface area contributed by atoms with Crippen molar-refractivity contribution in [2.75, 3.05) is 19.0 Å². The van der Waals surface area contributed by atoms with Crippen LogP contribution in [0.2, 0.25) is 0 Å². The van der Waals surface area contributed by atoms with Gasteiger partial charge in [-0.3, -0.25) is 4.40 Å². The van der Waals surface area contributed by atoms with Gasteiger partial charge in [0, 0.05) is 49.5 Å². The Bertz CT molecular complexity index is 1020. The van der Waals surface area contributed by atoms with Crippen molar-refractivity contribution in [2.24, 2.45) is 0 Å². The quantitative estimate of drug-likeness (QED) is 0.548. The first kappa shape index (κ1) is 16.1. The van der Waals surface area contributed by atoms with Crippen LogP contribution >= 0.6 is 0 Å². The summed E-state index contributed by atoms with van der Waals surface area (Å²) >= 11 is 0. The number of aromatic nitrogens is 3. The summed E-state index contributed by atoms with van der Waals surface area (Å²) in [5.41, 5.74) is 4.19. The van der Waals surface area contributed by atoms with Gasteiger partial charge in [0.05, 0.1) is 5.69 Å². The van der Waals surface area contributed by atoms with E-state index in [0.29, 0.717) is 12.4 Å². The van der Waals surface area contributed by atoms with Crippen molar-refractivity contribution in [1.29, 1.82) is 0 Å². The van der Waals surface area contributed by atoms with Gasteiger partial charge in [-0.1, -0.05) is 36.4 Å². The smallest absolute Gasteiger partial charge is 0.234 e. The molecule has 0 unspecified atom stereocenters. The Morgan fingerprint density at radius 3 is 2.54 bits per heavy atom. The lowest BCUT2D eigenvalue weighted by Gasteiger charge is -2.17. The number of anilines is 1. The SMILES string of the molecule is CN(C)c1ccccc1-c1cnc2nc(COc3ccccc3)cn2c1. The molecule has 5 heteroatoms. The fourth-order valence-corrected chi connectivity index (χ4v) is 2.92. The Labute approximate surface area is 152 Å². The Hall–Kier alpha value is -3.34. The maximum absolute atomic E-state index is 5.78. The molecule has 0 spiro atoms. The molecular weight excluding hydrogens is 324 g/mol. The monoisotopic (exact) mass is 344 g/mol. The highest BCUT2D eigenvalue weighted by Gasteiger charge is 2.09. The average molecular weight is 344 g/mol. The molecule has 0 radical (unpaired) electrons. The highest BCUT2D eigenvalue weighted by atomic mass is 16.5. The second kappa shape index (κ2) is 6.88. The molecule has 0 amide bonds. The van der Waals surface area contributed by atoms with E-state index in [9.17, 15) is 0 Å². The zero-order chi connectivity index (χ0) is 17.9. The number of hydrogen-bond acceptors (Lipinski definition) is 4. The lowest BCUT2D eigenvalue weighted by atomic mass is 10.1. The number of fused-ring (bicyclic) bond motifs is 1. The van der Waals surface area contributed by atoms with Crippen molar-refractivity contribution in [1.82, 2.24) is 14.4 Å². The van der Waals surface area contributed by atoms with Gasteiger partial charge >= 0.3 is 0 Å². The lowest BCUT2D eigenvalue weighted by molar-refractivity contribution is 0.302. The van der Waals surface area contributed by atoms with Gasteiger partial charge < -0.3 is 9.64 Å². The van der Waals surface area contributed by atoms with Crippen LogP contribution in [0.5, 0.6) is 5.75 Å². The second-order valence-electron chi connectivity index (χ2n) is 6.30. The summed E-state index contributed by atoms with van der Waals surface area (Å²) in [5, 5.41) is 0. The zero-order valence-electron chi connectivity index (χ0n) is 14.8. The van der Waals surface area contributed by atoms with Gasteiger partial charge in [0.1, 0.15) is 12.4 Å². The standard InChI is InChI=1S/C21H20N4O/c1-24(2)20-11-7-6-10-19(20)16-12-22-21-23-17(14-25(21)13-16)15-26-18-8-4-3-5-9-18/h3-14H,15H2,1-2H3.